The van der Waals surface area contributed by atoms with Gasteiger partial charge in [0.2, 0.25) is 0 Å². The maximum atomic E-state index is 11.7. The van der Waals surface area contributed by atoms with Crippen LogP contribution in [0, 0.1) is 0 Å². The van der Waals surface area contributed by atoms with Crippen LogP contribution >= 0.6 is 0 Å². The van der Waals surface area contributed by atoms with Crippen molar-refractivity contribution in [3.8, 4) is 5.75 Å². The topological polar surface area (TPSA) is 87.7 Å². The summed E-state index contributed by atoms with van der Waals surface area (Å²) in [4.78, 5) is 23.4. The fourth-order valence-corrected chi connectivity index (χ4v) is 1.68. The van der Waals surface area contributed by atoms with Gasteiger partial charge in [0.15, 0.2) is 0 Å². The lowest BCUT2D eigenvalue weighted by Gasteiger charge is -2.13. The molecule has 1 aromatic carbocycles. The number of hydrogen-bond acceptors (Lipinski definition) is 4. The summed E-state index contributed by atoms with van der Waals surface area (Å²) in [6, 6.07) is 6.43. The summed E-state index contributed by atoms with van der Waals surface area (Å²) in [6.45, 7) is 4.37. The Balaban J connectivity index is 2.48. The van der Waals surface area contributed by atoms with Crippen LogP contribution in [-0.4, -0.2) is 36.2 Å². The molecule has 0 fully saturated rings. The van der Waals surface area contributed by atoms with Gasteiger partial charge in [-0.15, -0.1) is 0 Å². The van der Waals surface area contributed by atoms with Crippen LogP contribution in [0.2, 0.25) is 0 Å². The molecule has 122 valence electrons. The van der Waals surface area contributed by atoms with Gasteiger partial charge in [-0.05, 0) is 37.1 Å². The Hall–Kier alpha value is -2.08. The minimum absolute atomic E-state index is 0.195. The highest BCUT2D eigenvalue weighted by molar-refractivity contribution is 6.39. The van der Waals surface area contributed by atoms with Gasteiger partial charge in [0.05, 0.1) is 19.3 Å². The third kappa shape index (κ3) is 6.13. The number of carbonyl (C=O) groups is 2. The molecule has 0 aliphatic rings. The standard InChI is InChI=1S/C16H24N2O4/c1-3-5-10-22-14-8-6-13(7-9-14)18-16(21)15(20)17-12(4-2)11-19/h6-9,12,19H,3-5,10-11H2,1-2H3,(H,17,20)(H,18,21)/t12-/m0/s1. The summed E-state index contributed by atoms with van der Waals surface area (Å²) in [5.74, 6) is -0.794. The Bertz CT molecular complexity index is 470. The van der Waals surface area contributed by atoms with E-state index in [0.29, 0.717) is 18.7 Å². The Morgan fingerprint density at radius 1 is 1.18 bits per heavy atom. The van der Waals surface area contributed by atoms with E-state index in [1.54, 1.807) is 24.3 Å². The number of benzene rings is 1. The maximum Gasteiger partial charge on any atom is 0.313 e. The molecule has 0 bridgehead atoms. The fraction of sp³-hybridized carbons (Fsp3) is 0.500. The predicted octanol–water partition coefficient (Wildman–Crippen LogP) is 1.69. The highest BCUT2D eigenvalue weighted by Crippen LogP contribution is 2.16. The molecule has 1 atom stereocenters. The van der Waals surface area contributed by atoms with Crippen molar-refractivity contribution in [2.24, 2.45) is 0 Å². The molecule has 1 rings (SSSR count). The van der Waals surface area contributed by atoms with Gasteiger partial charge in [0.25, 0.3) is 0 Å². The minimum atomic E-state index is -0.760. The van der Waals surface area contributed by atoms with Crippen molar-refractivity contribution in [2.75, 3.05) is 18.5 Å². The van der Waals surface area contributed by atoms with E-state index in [1.165, 1.54) is 0 Å². The smallest absolute Gasteiger partial charge is 0.313 e. The van der Waals surface area contributed by atoms with E-state index in [4.69, 9.17) is 9.84 Å². The molecule has 0 radical (unpaired) electrons. The summed E-state index contributed by atoms with van der Waals surface area (Å²) in [7, 11) is 0. The van der Waals surface area contributed by atoms with Crippen molar-refractivity contribution in [3.63, 3.8) is 0 Å². The van der Waals surface area contributed by atoms with Crippen LogP contribution in [0.15, 0.2) is 24.3 Å². The third-order valence-corrected chi connectivity index (χ3v) is 3.13. The molecule has 0 aliphatic heterocycles. The van der Waals surface area contributed by atoms with Gasteiger partial charge in [0.1, 0.15) is 5.75 Å². The number of amides is 2. The van der Waals surface area contributed by atoms with Gasteiger partial charge >= 0.3 is 11.8 Å². The molecule has 2 amide bonds. The normalized spacial score (nSPS) is 11.6. The highest BCUT2D eigenvalue weighted by Gasteiger charge is 2.17. The summed E-state index contributed by atoms with van der Waals surface area (Å²) in [6.07, 6.45) is 2.61. The van der Waals surface area contributed by atoms with E-state index >= 15 is 0 Å². The Labute approximate surface area is 130 Å². The zero-order valence-electron chi connectivity index (χ0n) is 13.1. The monoisotopic (exact) mass is 308 g/mol. The first-order chi connectivity index (χ1) is 10.6. The molecule has 3 N–H and O–H groups in total. The van der Waals surface area contributed by atoms with E-state index in [1.807, 2.05) is 6.92 Å². The number of unbranched alkanes of at least 4 members (excludes halogenated alkanes) is 1. The predicted molar refractivity (Wildman–Crippen MR) is 84.8 cm³/mol. The van der Waals surface area contributed by atoms with Crippen molar-refractivity contribution in [1.29, 1.82) is 0 Å². The van der Waals surface area contributed by atoms with E-state index in [9.17, 15) is 9.59 Å². The average Bonchev–Trinajstić information content (AvgIpc) is 2.54. The third-order valence-electron chi connectivity index (χ3n) is 3.13. The molecular weight excluding hydrogens is 284 g/mol. The minimum Gasteiger partial charge on any atom is -0.494 e. The first kappa shape index (κ1) is 18.0. The van der Waals surface area contributed by atoms with Crippen molar-refractivity contribution in [1.82, 2.24) is 5.32 Å². The van der Waals surface area contributed by atoms with Crippen LogP contribution in [0.25, 0.3) is 0 Å². The number of nitrogens with one attached hydrogen (secondary N) is 2. The quantitative estimate of drug-likeness (QED) is 0.504. The van der Waals surface area contributed by atoms with Crippen molar-refractivity contribution >= 4 is 17.5 Å². The molecule has 0 aromatic heterocycles. The van der Waals surface area contributed by atoms with Crippen molar-refractivity contribution < 1.29 is 19.4 Å². The SMILES string of the molecule is CCCCOc1ccc(NC(=O)C(=O)N[C@@H](CC)CO)cc1. The fourth-order valence-electron chi connectivity index (χ4n) is 1.68. The zero-order valence-corrected chi connectivity index (χ0v) is 13.1. The number of anilines is 1. The number of hydrogen-bond donors (Lipinski definition) is 3. The van der Waals surface area contributed by atoms with Gasteiger partial charge in [0, 0.05) is 5.69 Å². The number of rotatable bonds is 8. The summed E-state index contributed by atoms with van der Waals surface area (Å²) < 4.78 is 5.52. The van der Waals surface area contributed by atoms with Gasteiger partial charge < -0.3 is 20.5 Å². The number of aliphatic hydroxyl groups excluding tert-OH is 1. The number of ether oxygens (including phenoxy) is 1. The second-order valence-electron chi connectivity index (χ2n) is 4.94. The molecule has 0 heterocycles. The summed E-state index contributed by atoms with van der Waals surface area (Å²) in [5, 5.41) is 14.0. The van der Waals surface area contributed by atoms with Crippen LogP contribution < -0.4 is 15.4 Å². The largest absolute Gasteiger partial charge is 0.494 e. The van der Waals surface area contributed by atoms with E-state index in [2.05, 4.69) is 17.6 Å². The average molecular weight is 308 g/mol. The van der Waals surface area contributed by atoms with Gasteiger partial charge in [-0.3, -0.25) is 9.59 Å². The molecule has 0 unspecified atom stereocenters. The summed E-state index contributed by atoms with van der Waals surface area (Å²) >= 11 is 0. The van der Waals surface area contributed by atoms with Crippen molar-refractivity contribution in [3.05, 3.63) is 24.3 Å². The van der Waals surface area contributed by atoms with Gasteiger partial charge in [-0.2, -0.15) is 0 Å². The molecule has 1 aromatic rings. The highest BCUT2D eigenvalue weighted by atomic mass is 16.5. The van der Waals surface area contributed by atoms with Crippen LogP contribution in [0.3, 0.4) is 0 Å². The van der Waals surface area contributed by atoms with Crippen molar-refractivity contribution in [2.45, 2.75) is 39.2 Å². The first-order valence-corrected chi connectivity index (χ1v) is 7.56. The van der Waals surface area contributed by atoms with E-state index in [-0.39, 0.29) is 6.61 Å². The Morgan fingerprint density at radius 3 is 2.41 bits per heavy atom. The summed E-state index contributed by atoms with van der Waals surface area (Å²) in [5.41, 5.74) is 0.514. The van der Waals surface area contributed by atoms with Crippen LogP contribution in [0.1, 0.15) is 33.1 Å². The van der Waals surface area contributed by atoms with Crippen LogP contribution in [-0.2, 0) is 9.59 Å². The van der Waals surface area contributed by atoms with Crippen LogP contribution in [0.5, 0.6) is 5.75 Å². The second kappa shape index (κ2) is 9.78. The number of aliphatic hydroxyl groups is 1. The van der Waals surface area contributed by atoms with Crippen LogP contribution in [0.4, 0.5) is 5.69 Å². The maximum absolute atomic E-state index is 11.7. The van der Waals surface area contributed by atoms with E-state index in [0.717, 1.165) is 18.6 Å². The molecule has 0 spiro atoms. The molecule has 0 aliphatic carbocycles. The molecule has 6 heteroatoms. The second-order valence-corrected chi connectivity index (χ2v) is 4.94. The molecule has 0 saturated heterocycles. The van der Waals surface area contributed by atoms with E-state index < -0.39 is 17.9 Å². The van der Waals surface area contributed by atoms with Gasteiger partial charge in [-0.25, -0.2) is 0 Å². The lowest BCUT2D eigenvalue weighted by atomic mass is 10.2. The lowest BCUT2D eigenvalue weighted by Crippen LogP contribution is -2.43. The lowest BCUT2D eigenvalue weighted by molar-refractivity contribution is -0.136. The Kier molecular flexibility index (Phi) is 7.99. The molecular formula is C16H24N2O4. The van der Waals surface area contributed by atoms with Gasteiger partial charge in [-0.1, -0.05) is 20.3 Å². The first-order valence-electron chi connectivity index (χ1n) is 7.56. The Morgan fingerprint density at radius 2 is 1.86 bits per heavy atom. The molecule has 22 heavy (non-hydrogen) atoms. The number of carbonyl (C=O) groups excluding carboxylic acids is 2. The molecule has 0 saturated carbocycles. The molecule has 6 nitrogen and oxygen atoms in total. The zero-order chi connectivity index (χ0) is 16.4.